The van der Waals surface area contributed by atoms with Crippen molar-refractivity contribution in [3.05, 3.63) is 28.7 Å². The van der Waals surface area contributed by atoms with Crippen molar-refractivity contribution in [3.63, 3.8) is 0 Å². The van der Waals surface area contributed by atoms with Gasteiger partial charge in [-0.25, -0.2) is 4.57 Å². The third kappa shape index (κ3) is 6.77. The van der Waals surface area contributed by atoms with Gasteiger partial charge in [0.05, 0.1) is 13.2 Å². The van der Waals surface area contributed by atoms with Crippen molar-refractivity contribution in [1.82, 2.24) is 0 Å². The van der Waals surface area contributed by atoms with Gasteiger partial charge in [-0.1, -0.05) is 38.8 Å². The highest BCUT2D eigenvalue weighted by atomic mass is 79.9. The SMILES string of the molecule is CCCCOP(=O)(OCCCC)Sc1ccccc1Br. The molecule has 0 aliphatic carbocycles. The smallest absolute Gasteiger partial charge is 0.301 e. The minimum atomic E-state index is -3.14. The van der Waals surface area contributed by atoms with Crippen LogP contribution < -0.4 is 0 Å². The first-order valence-corrected chi connectivity index (χ1v) is 10.7. The number of hydrogen-bond acceptors (Lipinski definition) is 4. The molecule has 0 aliphatic rings. The van der Waals surface area contributed by atoms with Crippen molar-refractivity contribution in [2.45, 2.75) is 44.4 Å². The van der Waals surface area contributed by atoms with Crippen molar-refractivity contribution in [2.75, 3.05) is 13.2 Å². The molecule has 0 bridgehead atoms. The standard InChI is InChI=1S/C14H22BrO3PS/c1-3-5-11-17-19(16,18-12-6-4-2)20-14-10-8-7-9-13(14)15/h7-10H,3-6,11-12H2,1-2H3. The fourth-order valence-corrected chi connectivity index (χ4v) is 5.66. The predicted octanol–water partition coefficient (Wildman–Crippen LogP) is 6.28. The monoisotopic (exact) mass is 380 g/mol. The van der Waals surface area contributed by atoms with Crippen LogP contribution in [0.15, 0.2) is 33.6 Å². The van der Waals surface area contributed by atoms with E-state index in [1.165, 1.54) is 11.4 Å². The maximum Gasteiger partial charge on any atom is 0.393 e. The van der Waals surface area contributed by atoms with Gasteiger partial charge in [0.2, 0.25) is 0 Å². The van der Waals surface area contributed by atoms with E-state index >= 15 is 0 Å². The van der Waals surface area contributed by atoms with Crippen molar-refractivity contribution < 1.29 is 13.6 Å². The number of hydrogen-bond donors (Lipinski definition) is 0. The molecule has 3 nitrogen and oxygen atoms in total. The van der Waals surface area contributed by atoms with Crippen LogP contribution in [0.5, 0.6) is 0 Å². The van der Waals surface area contributed by atoms with Crippen molar-refractivity contribution in [3.8, 4) is 0 Å². The van der Waals surface area contributed by atoms with E-state index < -0.39 is 6.80 Å². The van der Waals surface area contributed by atoms with Crippen LogP contribution in [0.25, 0.3) is 0 Å². The molecule has 0 radical (unpaired) electrons. The molecule has 6 heteroatoms. The third-order valence-electron chi connectivity index (χ3n) is 2.54. The van der Waals surface area contributed by atoms with Gasteiger partial charge in [-0.15, -0.1) is 0 Å². The van der Waals surface area contributed by atoms with Gasteiger partial charge in [-0.3, -0.25) is 0 Å². The maximum atomic E-state index is 12.8. The van der Waals surface area contributed by atoms with Gasteiger partial charge >= 0.3 is 6.80 Å². The summed E-state index contributed by atoms with van der Waals surface area (Å²) < 4.78 is 24.8. The molecule has 0 aromatic heterocycles. The van der Waals surface area contributed by atoms with E-state index in [0.717, 1.165) is 35.1 Å². The average Bonchev–Trinajstić information content (AvgIpc) is 2.42. The summed E-state index contributed by atoms with van der Waals surface area (Å²) >= 11 is 4.64. The van der Waals surface area contributed by atoms with E-state index in [0.29, 0.717) is 13.2 Å². The zero-order valence-corrected chi connectivity index (χ0v) is 15.3. The van der Waals surface area contributed by atoms with Crippen LogP contribution in [0, 0.1) is 0 Å². The van der Waals surface area contributed by atoms with E-state index in [4.69, 9.17) is 9.05 Å². The quantitative estimate of drug-likeness (QED) is 0.353. The second-order valence-corrected chi connectivity index (χ2v) is 9.12. The Balaban J connectivity index is 2.70. The molecule has 0 fully saturated rings. The number of halogens is 1. The highest BCUT2D eigenvalue weighted by Gasteiger charge is 2.27. The Morgan fingerprint density at radius 2 is 1.65 bits per heavy atom. The van der Waals surface area contributed by atoms with E-state index in [1.807, 2.05) is 24.3 Å². The van der Waals surface area contributed by atoms with Crippen LogP contribution in [0.4, 0.5) is 0 Å². The summed E-state index contributed by atoms with van der Waals surface area (Å²) in [5.74, 6) is 0. The summed E-state index contributed by atoms with van der Waals surface area (Å²) in [6.45, 7) is 1.95. The Bertz CT molecular complexity index is 428. The van der Waals surface area contributed by atoms with Crippen LogP contribution in [-0.2, 0) is 13.6 Å². The minimum Gasteiger partial charge on any atom is -0.301 e. The van der Waals surface area contributed by atoms with Crippen LogP contribution in [0.2, 0.25) is 0 Å². The second kappa shape index (κ2) is 10.0. The van der Waals surface area contributed by atoms with E-state index in [9.17, 15) is 4.57 Å². The molecule has 1 rings (SSSR count). The zero-order valence-electron chi connectivity index (χ0n) is 12.0. The fourth-order valence-electron chi connectivity index (χ4n) is 1.37. The Kier molecular flexibility index (Phi) is 9.14. The first kappa shape index (κ1) is 18.2. The molecule has 1 aromatic carbocycles. The third-order valence-corrected chi connectivity index (χ3v) is 7.16. The molecule has 0 saturated carbocycles. The molecule has 0 N–H and O–H groups in total. The largest absolute Gasteiger partial charge is 0.393 e. The van der Waals surface area contributed by atoms with Gasteiger partial charge in [0.1, 0.15) is 0 Å². The molecule has 0 atom stereocenters. The predicted molar refractivity (Wildman–Crippen MR) is 89.3 cm³/mol. The zero-order chi connectivity index (χ0) is 14.8. The molecule has 0 spiro atoms. The van der Waals surface area contributed by atoms with Gasteiger partial charge in [-0.05, 0) is 52.3 Å². The summed E-state index contributed by atoms with van der Waals surface area (Å²) in [6, 6.07) is 7.67. The van der Waals surface area contributed by atoms with Gasteiger partial charge < -0.3 is 9.05 Å². The first-order chi connectivity index (χ1) is 9.61. The fraction of sp³-hybridized carbons (Fsp3) is 0.571. The molecule has 0 unspecified atom stereocenters. The molecule has 0 amide bonds. The maximum absolute atomic E-state index is 12.8. The lowest BCUT2D eigenvalue weighted by Crippen LogP contribution is -1.97. The minimum absolute atomic E-state index is 0.470. The average molecular weight is 381 g/mol. The summed E-state index contributed by atoms with van der Waals surface area (Å²) in [6.07, 6.45) is 3.79. The number of rotatable bonds is 10. The lowest BCUT2D eigenvalue weighted by atomic mass is 10.4. The Morgan fingerprint density at radius 3 is 2.15 bits per heavy atom. The van der Waals surface area contributed by atoms with E-state index in [-0.39, 0.29) is 0 Å². The Morgan fingerprint density at radius 1 is 1.10 bits per heavy atom. The summed E-state index contributed by atoms with van der Waals surface area (Å²) in [5.41, 5.74) is 0. The molecule has 20 heavy (non-hydrogen) atoms. The first-order valence-electron chi connectivity index (χ1n) is 6.94. The molecule has 0 aliphatic heterocycles. The van der Waals surface area contributed by atoms with Crippen LogP contribution in [0.1, 0.15) is 39.5 Å². The molecule has 0 heterocycles. The topological polar surface area (TPSA) is 35.5 Å². The summed E-state index contributed by atoms with van der Waals surface area (Å²) in [5, 5.41) is 0. The van der Waals surface area contributed by atoms with Gasteiger partial charge in [0.25, 0.3) is 0 Å². The molecule has 1 aromatic rings. The number of unbranched alkanes of at least 4 members (excludes halogenated alkanes) is 2. The molecule has 114 valence electrons. The molecular formula is C14H22BrO3PS. The summed E-state index contributed by atoms with van der Waals surface area (Å²) in [4.78, 5) is 0.879. The summed E-state index contributed by atoms with van der Waals surface area (Å²) in [7, 11) is 0. The van der Waals surface area contributed by atoms with E-state index in [2.05, 4.69) is 29.8 Å². The molecule has 0 saturated heterocycles. The van der Waals surface area contributed by atoms with Gasteiger partial charge in [0.15, 0.2) is 0 Å². The van der Waals surface area contributed by atoms with Crippen LogP contribution in [-0.4, -0.2) is 13.2 Å². The van der Waals surface area contributed by atoms with Crippen molar-refractivity contribution in [2.24, 2.45) is 0 Å². The van der Waals surface area contributed by atoms with Crippen molar-refractivity contribution >= 4 is 34.1 Å². The van der Waals surface area contributed by atoms with E-state index in [1.54, 1.807) is 0 Å². The lowest BCUT2D eigenvalue weighted by Gasteiger charge is -2.18. The van der Waals surface area contributed by atoms with Gasteiger partial charge in [0, 0.05) is 9.37 Å². The highest BCUT2D eigenvalue weighted by Crippen LogP contribution is 2.64. The lowest BCUT2D eigenvalue weighted by molar-refractivity contribution is 0.215. The Labute approximate surface area is 134 Å². The normalized spacial score (nSPS) is 11.8. The Hall–Kier alpha value is 0.200. The number of benzene rings is 1. The van der Waals surface area contributed by atoms with Crippen LogP contribution >= 0.6 is 34.1 Å². The highest BCUT2D eigenvalue weighted by molar-refractivity contribution is 9.10. The molecular weight excluding hydrogens is 359 g/mol. The van der Waals surface area contributed by atoms with Crippen LogP contribution in [0.3, 0.4) is 0 Å². The van der Waals surface area contributed by atoms with Crippen molar-refractivity contribution in [1.29, 1.82) is 0 Å². The van der Waals surface area contributed by atoms with Gasteiger partial charge in [-0.2, -0.15) is 0 Å². The second-order valence-electron chi connectivity index (χ2n) is 4.34.